The van der Waals surface area contributed by atoms with E-state index < -0.39 is 10.1 Å². The van der Waals surface area contributed by atoms with Crippen molar-refractivity contribution in [2.75, 3.05) is 23.7 Å². The van der Waals surface area contributed by atoms with Crippen LogP contribution < -0.4 is 4.90 Å². The van der Waals surface area contributed by atoms with Gasteiger partial charge in [0, 0.05) is 48.3 Å². The Labute approximate surface area is 138 Å². The molecule has 1 aromatic rings. The summed E-state index contributed by atoms with van der Waals surface area (Å²) in [5, 5.41) is 0. The summed E-state index contributed by atoms with van der Waals surface area (Å²) in [6, 6.07) is 6.28. The van der Waals surface area contributed by atoms with Gasteiger partial charge in [0.1, 0.15) is 0 Å². The third kappa shape index (κ3) is 7.32. The van der Waals surface area contributed by atoms with Crippen LogP contribution in [0.25, 0.3) is 0 Å². The number of aryl methyl sites for hydroxylation is 2. The number of benzene rings is 1. The molecule has 0 aliphatic rings. The predicted molar refractivity (Wildman–Crippen MR) is 80.6 cm³/mol. The number of anilines is 1. The maximum Gasteiger partial charge on any atom is 0.264 e. The number of hydrogen-bond acceptors (Lipinski definition) is 3. The molecule has 0 unspecified atom stereocenters. The Bertz CT molecular complexity index is 482. The Hall–Kier alpha value is -0.0700. The van der Waals surface area contributed by atoms with Crippen molar-refractivity contribution in [1.82, 2.24) is 0 Å². The van der Waals surface area contributed by atoms with Gasteiger partial charge in [-0.15, -0.1) is 0 Å². The second-order valence-corrected chi connectivity index (χ2v) is 6.14. The molecule has 1 N–H and O–H groups in total. The fourth-order valence-electron chi connectivity index (χ4n) is 2.04. The molecule has 0 saturated carbocycles. The first kappa shape index (κ1) is 18.9. The molecule has 103 valence electrons. The minimum Gasteiger partial charge on any atom is -0.372 e. The topological polar surface area (TPSA) is 57.6 Å². The zero-order valence-corrected chi connectivity index (χ0v) is 15.0. The third-order valence-corrected chi connectivity index (χ3v) is 3.59. The number of rotatable bonds is 6. The molecule has 0 aromatic heterocycles. The van der Waals surface area contributed by atoms with Crippen LogP contribution in [-0.2, 0) is 10.1 Å². The summed E-state index contributed by atoms with van der Waals surface area (Å²) in [6.07, 6.45) is 0.430. The van der Waals surface area contributed by atoms with Gasteiger partial charge in [0.2, 0.25) is 0 Å². The smallest absolute Gasteiger partial charge is 0.264 e. The van der Waals surface area contributed by atoms with Crippen molar-refractivity contribution in [3.8, 4) is 0 Å². The summed E-state index contributed by atoms with van der Waals surface area (Å²) < 4.78 is 30.1. The fraction of sp³-hybridized carbons (Fsp3) is 0.538. The quantitative estimate of drug-likeness (QED) is 0.644. The van der Waals surface area contributed by atoms with Crippen LogP contribution in [0, 0.1) is 13.8 Å². The van der Waals surface area contributed by atoms with Crippen LogP contribution in [0.4, 0.5) is 5.69 Å². The molecule has 1 rings (SSSR count). The van der Waals surface area contributed by atoms with Crippen LogP contribution >= 0.6 is 0 Å². The van der Waals surface area contributed by atoms with Crippen LogP contribution in [0.15, 0.2) is 18.2 Å². The van der Waals surface area contributed by atoms with E-state index in [9.17, 15) is 8.42 Å². The largest absolute Gasteiger partial charge is 0.372 e. The van der Waals surface area contributed by atoms with Crippen molar-refractivity contribution in [1.29, 1.82) is 0 Å². The van der Waals surface area contributed by atoms with Crippen molar-refractivity contribution in [3.05, 3.63) is 29.3 Å². The average molecular weight is 294 g/mol. The first-order valence-electron chi connectivity index (χ1n) is 6.10. The van der Waals surface area contributed by atoms with E-state index in [-0.39, 0.29) is 35.3 Å². The summed E-state index contributed by atoms with van der Waals surface area (Å²) in [4.78, 5) is 2.12. The standard InChI is InChI=1S/C13H21NO3S.Na/c1-4-14(6-5-7-18(15,16)17)13-9-11(2)8-12(3)10-13;/h8-10H,4-7H2,1-3H3,(H,15,16,17);. The minimum atomic E-state index is -3.85. The van der Waals surface area contributed by atoms with Crippen molar-refractivity contribution in [2.45, 2.75) is 27.2 Å². The zero-order chi connectivity index (χ0) is 13.8. The van der Waals surface area contributed by atoms with Gasteiger partial charge in [0.15, 0.2) is 0 Å². The third-order valence-electron chi connectivity index (χ3n) is 2.78. The molecule has 0 spiro atoms. The van der Waals surface area contributed by atoms with E-state index in [1.165, 1.54) is 11.1 Å². The molecule has 0 heterocycles. The molecular weight excluding hydrogens is 273 g/mol. The predicted octanol–water partition coefficient (Wildman–Crippen LogP) is 2.03. The van der Waals surface area contributed by atoms with E-state index in [0.29, 0.717) is 13.0 Å². The molecule has 1 radical (unpaired) electrons. The van der Waals surface area contributed by atoms with Crippen LogP contribution in [0.3, 0.4) is 0 Å². The number of nitrogens with zero attached hydrogens (tertiary/aromatic N) is 1. The Morgan fingerprint density at radius 3 is 2.11 bits per heavy atom. The second-order valence-electron chi connectivity index (χ2n) is 4.57. The molecule has 0 saturated heterocycles. The molecule has 1 aromatic carbocycles. The molecule has 0 atom stereocenters. The minimum absolute atomic E-state index is 0. The van der Waals surface area contributed by atoms with Crippen LogP contribution in [-0.4, -0.2) is 61.4 Å². The maximum atomic E-state index is 10.7. The molecule has 0 aliphatic heterocycles. The van der Waals surface area contributed by atoms with Crippen molar-refractivity contribution >= 4 is 45.4 Å². The Kier molecular flexibility index (Phi) is 8.24. The maximum absolute atomic E-state index is 10.7. The van der Waals surface area contributed by atoms with Crippen molar-refractivity contribution in [3.63, 3.8) is 0 Å². The van der Waals surface area contributed by atoms with Gasteiger partial charge in [-0.25, -0.2) is 0 Å². The summed E-state index contributed by atoms with van der Waals surface area (Å²) in [7, 11) is -3.85. The van der Waals surface area contributed by atoms with Gasteiger partial charge in [0.05, 0.1) is 5.75 Å². The Balaban J connectivity index is 0.00000324. The first-order valence-corrected chi connectivity index (χ1v) is 7.71. The van der Waals surface area contributed by atoms with E-state index in [4.69, 9.17) is 4.55 Å². The van der Waals surface area contributed by atoms with Gasteiger partial charge in [-0.1, -0.05) is 6.07 Å². The van der Waals surface area contributed by atoms with Crippen LogP contribution in [0.2, 0.25) is 0 Å². The van der Waals surface area contributed by atoms with E-state index in [1.807, 2.05) is 20.8 Å². The van der Waals surface area contributed by atoms with Crippen LogP contribution in [0.1, 0.15) is 24.5 Å². The van der Waals surface area contributed by atoms with Gasteiger partial charge < -0.3 is 4.90 Å². The van der Waals surface area contributed by atoms with Gasteiger partial charge >= 0.3 is 0 Å². The van der Waals surface area contributed by atoms with Crippen molar-refractivity contribution in [2.24, 2.45) is 0 Å². The summed E-state index contributed by atoms with van der Waals surface area (Å²) in [5.41, 5.74) is 3.49. The van der Waals surface area contributed by atoms with Gasteiger partial charge in [0.25, 0.3) is 10.1 Å². The van der Waals surface area contributed by atoms with Gasteiger partial charge in [-0.2, -0.15) is 8.42 Å². The molecule has 6 heteroatoms. The summed E-state index contributed by atoms with van der Waals surface area (Å²) in [5.74, 6) is -0.186. The van der Waals surface area contributed by atoms with E-state index in [2.05, 4.69) is 23.1 Å². The SMILES string of the molecule is CCN(CCCS(=O)(=O)O)c1cc(C)cc(C)c1.[Na]. The Morgan fingerprint density at radius 1 is 1.16 bits per heavy atom. The second kappa shape index (κ2) is 8.27. The molecular formula is C13H21NNaO3S. The number of hydrogen-bond donors (Lipinski definition) is 1. The average Bonchev–Trinajstić information content (AvgIpc) is 2.21. The Morgan fingerprint density at radius 2 is 1.68 bits per heavy atom. The molecule has 0 amide bonds. The monoisotopic (exact) mass is 294 g/mol. The van der Waals surface area contributed by atoms with Gasteiger partial charge in [-0.05, 0) is 50.5 Å². The first-order chi connectivity index (χ1) is 8.31. The van der Waals surface area contributed by atoms with E-state index in [1.54, 1.807) is 0 Å². The molecule has 0 bridgehead atoms. The molecule has 4 nitrogen and oxygen atoms in total. The fourth-order valence-corrected chi connectivity index (χ4v) is 2.53. The van der Waals surface area contributed by atoms with Crippen LogP contribution in [0.5, 0.6) is 0 Å². The molecule has 0 aliphatic carbocycles. The van der Waals surface area contributed by atoms with Crippen molar-refractivity contribution < 1.29 is 13.0 Å². The summed E-state index contributed by atoms with van der Waals surface area (Å²) >= 11 is 0. The molecule has 0 fully saturated rings. The van der Waals surface area contributed by atoms with Gasteiger partial charge in [-0.3, -0.25) is 4.55 Å². The zero-order valence-electron chi connectivity index (χ0n) is 12.2. The molecule has 19 heavy (non-hydrogen) atoms. The summed E-state index contributed by atoms with van der Waals surface area (Å²) in [6.45, 7) is 7.56. The van der Waals surface area contributed by atoms with E-state index >= 15 is 0 Å². The van der Waals surface area contributed by atoms with E-state index in [0.717, 1.165) is 12.2 Å². The normalized spacial score (nSPS) is 10.9.